The maximum Gasteiger partial charge on any atom is 0.240 e. The van der Waals surface area contributed by atoms with Gasteiger partial charge in [-0.15, -0.1) is 0 Å². The van der Waals surface area contributed by atoms with Crippen LogP contribution in [0.25, 0.3) is 0 Å². The monoisotopic (exact) mass is 284 g/mol. The molecule has 0 saturated carbocycles. The third-order valence-electron chi connectivity index (χ3n) is 3.25. The number of piperidine rings is 1. The molecule has 5 nitrogen and oxygen atoms in total. The highest BCUT2D eigenvalue weighted by Gasteiger charge is 2.18. The van der Waals surface area contributed by atoms with Gasteiger partial charge in [0.25, 0.3) is 0 Å². The summed E-state index contributed by atoms with van der Waals surface area (Å²) in [5.74, 6) is 0. The molecule has 0 spiro atoms. The average Bonchev–Trinajstić information content (AvgIpc) is 2.40. The summed E-state index contributed by atoms with van der Waals surface area (Å²) in [5, 5.41) is 9.54. The number of nitrogens with zero attached hydrogens (tertiary/aromatic N) is 1. The molecule has 1 aromatic carbocycles. The SMILES string of the molecule is O=S(=O)(NCCN1CCCC(O)C1)c1ccccc1. The molecule has 1 aliphatic heterocycles. The predicted octanol–water partition coefficient (Wildman–Crippen LogP) is 0.422. The van der Waals surface area contributed by atoms with E-state index in [1.54, 1.807) is 30.3 Å². The van der Waals surface area contributed by atoms with Crippen LogP contribution in [0.1, 0.15) is 12.8 Å². The number of aliphatic hydroxyl groups is 1. The minimum Gasteiger partial charge on any atom is -0.392 e. The Morgan fingerprint density at radius 2 is 2.05 bits per heavy atom. The highest BCUT2D eigenvalue weighted by atomic mass is 32.2. The summed E-state index contributed by atoms with van der Waals surface area (Å²) in [6, 6.07) is 8.35. The fourth-order valence-electron chi connectivity index (χ4n) is 2.26. The van der Waals surface area contributed by atoms with Gasteiger partial charge in [0.05, 0.1) is 11.0 Å². The van der Waals surface area contributed by atoms with Gasteiger partial charge in [-0.25, -0.2) is 13.1 Å². The molecule has 0 aliphatic carbocycles. The van der Waals surface area contributed by atoms with Gasteiger partial charge in [0.15, 0.2) is 0 Å². The van der Waals surface area contributed by atoms with Gasteiger partial charge < -0.3 is 5.11 Å². The molecule has 2 rings (SSSR count). The van der Waals surface area contributed by atoms with E-state index >= 15 is 0 Å². The van der Waals surface area contributed by atoms with E-state index in [4.69, 9.17) is 0 Å². The standard InChI is InChI=1S/C13H20N2O3S/c16-12-5-4-9-15(11-12)10-8-14-19(17,18)13-6-2-1-3-7-13/h1-3,6-7,12,14,16H,4-5,8-11H2. The van der Waals surface area contributed by atoms with E-state index in [-0.39, 0.29) is 11.0 Å². The predicted molar refractivity (Wildman–Crippen MR) is 73.3 cm³/mol. The Morgan fingerprint density at radius 1 is 1.32 bits per heavy atom. The number of nitrogens with one attached hydrogen (secondary N) is 1. The molecule has 1 atom stereocenters. The van der Waals surface area contributed by atoms with E-state index in [0.29, 0.717) is 19.6 Å². The van der Waals surface area contributed by atoms with Crippen molar-refractivity contribution in [2.45, 2.75) is 23.8 Å². The number of sulfonamides is 1. The van der Waals surface area contributed by atoms with Crippen LogP contribution in [0.3, 0.4) is 0 Å². The zero-order chi connectivity index (χ0) is 13.7. The number of hydrogen-bond donors (Lipinski definition) is 2. The van der Waals surface area contributed by atoms with Gasteiger partial charge in [-0.3, -0.25) is 4.90 Å². The van der Waals surface area contributed by atoms with Crippen molar-refractivity contribution in [2.24, 2.45) is 0 Å². The largest absolute Gasteiger partial charge is 0.392 e. The van der Waals surface area contributed by atoms with Crippen LogP contribution in [-0.2, 0) is 10.0 Å². The Labute approximate surface area is 114 Å². The lowest BCUT2D eigenvalue weighted by atomic mass is 10.1. The third-order valence-corrected chi connectivity index (χ3v) is 4.73. The lowest BCUT2D eigenvalue weighted by molar-refractivity contribution is 0.0720. The Morgan fingerprint density at radius 3 is 2.74 bits per heavy atom. The van der Waals surface area contributed by atoms with Crippen molar-refractivity contribution in [3.05, 3.63) is 30.3 Å². The highest BCUT2D eigenvalue weighted by Crippen LogP contribution is 2.09. The van der Waals surface area contributed by atoms with Crippen LogP contribution in [-0.4, -0.2) is 50.7 Å². The first-order valence-electron chi connectivity index (χ1n) is 6.53. The van der Waals surface area contributed by atoms with Gasteiger partial charge in [-0.05, 0) is 31.5 Å². The Hall–Kier alpha value is -0.950. The van der Waals surface area contributed by atoms with Gasteiger partial charge in [-0.2, -0.15) is 0 Å². The van der Waals surface area contributed by atoms with E-state index in [0.717, 1.165) is 19.4 Å². The first-order chi connectivity index (χ1) is 9.08. The molecule has 0 bridgehead atoms. The van der Waals surface area contributed by atoms with E-state index in [1.165, 1.54) is 0 Å². The van der Waals surface area contributed by atoms with E-state index in [9.17, 15) is 13.5 Å². The maximum absolute atomic E-state index is 12.0. The Balaban J connectivity index is 1.82. The first kappa shape index (κ1) is 14.5. The molecule has 2 N–H and O–H groups in total. The van der Waals surface area contributed by atoms with Gasteiger partial charge in [-0.1, -0.05) is 18.2 Å². The fourth-order valence-corrected chi connectivity index (χ4v) is 3.30. The molecular formula is C13H20N2O3S. The number of β-amino-alcohol motifs (C(OH)–C–C–N with tert-alkyl or cyclic N) is 1. The zero-order valence-corrected chi connectivity index (χ0v) is 11.6. The zero-order valence-electron chi connectivity index (χ0n) is 10.8. The first-order valence-corrected chi connectivity index (χ1v) is 8.01. The molecule has 19 heavy (non-hydrogen) atoms. The molecule has 6 heteroatoms. The van der Waals surface area contributed by atoms with Crippen LogP contribution in [0.15, 0.2) is 35.2 Å². The number of aliphatic hydroxyl groups excluding tert-OH is 1. The second-order valence-electron chi connectivity index (χ2n) is 4.81. The number of hydrogen-bond acceptors (Lipinski definition) is 4. The topological polar surface area (TPSA) is 69.6 Å². The van der Waals surface area contributed by atoms with E-state index in [1.807, 2.05) is 0 Å². The van der Waals surface area contributed by atoms with Crippen LogP contribution >= 0.6 is 0 Å². The Kier molecular flexibility index (Phi) is 4.93. The minimum atomic E-state index is -3.41. The van der Waals surface area contributed by atoms with Gasteiger partial charge in [0.1, 0.15) is 0 Å². The normalized spacial score (nSPS) is 21.4. The molecule has 1 aromatic rings. The van der Waals surface area contributed by atoms with Crippen molar-refractivity contribution in [2.75, 3.05) is 26.2 Å². The van der Waals surface area contributed by atoms with Crippen LogP contribution in [0.2, 0.25) is 0 Å². The second kappa shape index (κ2) is 6.47. The van der Waals surface area contributed by atoms with Crippen LogP contribution in [0.4, 0.5) is 0 Å². The fraction of sp³-hybridized carbons (Fsp3) is 0.538. The molecule has 1 heterocycles. The molecule has 1 aliphatic rings. The third kappa shape index (κ3) is 4.28. The summed E-state index contributed by atoms with van der Waals surface area (Å²) in [6.07, 6.45) is 1.53. The average molecular weight is 284 g/mol. The van der Waals surface area contributed by atoms with Crippen LogP contribution in [0, 0.1) is 0 Å². The number of benzene rings is 1. The van der Waals surface area contributed by atoms with Crippen molar-refractivity contribution in [3.8, 4) is 0 Å². The lowest BCUT2D eigenvalue weighted by Gasteiger charge is -2.29. The molecule has 0 aromatic heterocycles. The summed E-state index contributed by atoms with van der Waals surface area (Å²) in [4.78, 5) is 2.37. The molecule has 1 saturated heterocycles. The van der Waals surface area contributed by atoms with Crippen molar-refractivity contribution in [1.82, 2.24) is 9.62 Å². The quantitative estimate of drug-likeness (QED) is 0.822. The highest BCUT2D eigenvalue weighted by molar-refractivity contribution is 7.89. The van der Waals surface area contributed by atoms with Crippen LogP contribution < -0.4 is 4.72 Å². The number of likely N-dealkylation sites (tertiary alicyclic amines) is 1. The second-order valence-corrected chi connectivity index (χ2v) is 6.57. The molecule has 106 valence electrons. The van der Waals surface area contributed by atoms with Gasteiger partial charge >= 0.3 is 0 Å². The smallest absolute Gasteiger partial charge is 0.240 e. The van der Waals surface area contributed by atoms with E-state index in [2.05, 4.69) is 9.62 Å². The van der Waals surface area contributed by atoms with Crippen molar-refractivity contribution in [1.29, 1.82) is 0 Å². The summed E-state index contributed by atoms with van der Waals surface area (Å²) in [7, 11) is -3.41. The van der Waals surface area contributed by atoms with Gasteiger partial charge in [0.2, 0.25) is 10.0 Å². The van der Waals surface area contributed by atoms with E-state index < -0.39 is 10.0 Å². The van der Waals surface area contributed by atoms with Crippen molar-refractivity contribution >= 4 is 10.0 Å². The number of rotatable bonds is 5. The molecular weight excluding hydrogens is 264 g/mol. The summed E-state index contributed by atoms with van der Waals surface area (Å²) >= 11 is 0. The summed E-state index contributed by atoms with van der Waals surface area (Å²) in [5.41, 5.74) is 0. The molecule has 1 unspecified atom stereocenters. The molecule has 0 radical (unpaired) electrons. The van der Waals surface area contributed by atoms with Crippen molar-refractivity contribution in [3.63, 3.8) is 0 Å². The Bertz CT molecular complexity index is 490. The van der Waals surface area contributed by atoms with Gasteiger partial charge in [0, 0.05) is 19.6 Å². The molecule has 0 amide bonds. The van der Waals surface area contributed by atoms with Crippen molar-refractivity contribution < 1.29 is 13.5 Å². The molecule has 1 fully saturated rings. The summed E-state index contributed by atoms with van der Waals surface area (Å²) < 4.78 is 26.5. The summed E-state index contributed by atoms with van der Waals surface area (Å²) in [6.45, 7) is 2.55. The minimum absolute atomic E-state index is 0.278. The van der Waals surface area contributed by atoms with Crippen LogP contribution in [0.5, 0.6) is 0 Å². The lowest BCUT2D eigenvalue weighted by Crippen LogP contribution is -2.42. The maximum atomic E-state index is 12.0.